The van der Waals surface area contributed by atoms with E-state index in [9.17, 15) is 0 Å². The lowest BCUT2D eigenvalue weighted by Gasteiger charge is -2.22. The normalized spacial score (nSPS) is 20.2. The minimum absolute atomic E-state index is 0.801. The standard InChI is InChI=1S/C15H23NO/c1-12-8-13(2)10-15(9-12)17-7-5-14-4-3-6-16-11-14/h8-10,14,16H,3-7,11H2,1-2H3. The Kier molecular flexibility index (Phi) is 4.43. The molecular formula is C15H23NO. The van der Waals surface area contributed by atoms with Crippen LogP contribution >= 0.6 is 0 Å². The van der Waals surface area contributed by atoms with Gasteiger partial charge < -0.3 is 10.1 Å². The van der Waals surface area contributed by atoms with Crippen LogP contribution in [0.1, 0.15) is 30.4 Å². The molecule has 0 aliphatic carbocycles. The van der Waals surface area contributed by atoms with Gasteiger partial charge in [-0.25, -0.2) is 0 Å². The van der Waals surface area contributed by atoms with Gasteiger partial charge in [0.1, 0.15) is 5.75 Å². The van der Waals surface area contributed by atoms with Gasteiger partial charge in [-0.3, -0.25) is 0 Å². The molecule has 1 aromatic carbocycles. The minimum Gasteiger partial charge on any atom is -0.494 e. The van der Waals surface area contributed by atoms with Crippen molar-refractivity contribution in [2.24, 2.45) is 5.92 Å². The third-order valence-corrected chi connectivity index (χ3v) is 3.39. The fourth-order valence-electron chi connectivity index (χ4n) is 2.53. The highest BCUT2D eigenvalue weighted by atomic mass is 16.5. The van der Waals surface area contributed by atoms with Crippen molar-refractivity contribution in [3.8, 4) is 5.75 Å². The molecule has 1 saturated heterocycles. The van der Waals surface area contributed by atoms with Crippen LogP contribution in [0, 0.1) is 19.8 Å². The number of hydrogen-bond acceptors (Lipinski definition) is 2. The first kappa shape index (κ1) is 12.4. The molecule has 2 nitrogen and oxygen atoms in total. The zero-order valence-electron chi connectivity index (χ0n) is 11.0. The van der Waals surface area contributed by atoms with Gasteiger partial charge in [0, 0.05) is 0 Å². The number of aryl methyl sites for hydroxylation is 2. The molecule has 1 fully saturated rings. The van der Waals surface area contributed by atoms with E-state index in [1.807, 2.05) is 0 Å². The minimum atomic E-state index is 0.801. The van der Waals surface area contributed by atoms with Gasteiger partial charge in [-0.05, 0) is 75.4 Å². The molecule has 0 bridgehead atoms. The second kappa shape index (κ2) is 6.06. The molecule has 0 aromatic heterocycles. The molecule has 1 aliphatic heterocycles. The van der Waals surface area contributed by atoms with Crippen molar-refractivity contribution >= 4 is 0 Å². The maximum atomic E-state index is 5.84. The summed E-state index contributed by atoms with van der Waals surface area (Å²) in [4.78, 5) is 0. The second-order valence-corrected chi connectivity index (χ2v) is 5.17. The third kappa shape index (κ3) is 4.04. The molecule has 0 amide bonds. The summed E-state index contributed by atoms with van der Waals surface area (Å²) in [6.07, 6.45) is 3.83. The Bertz CT molecular complexity index is 336. The van der Waals surface area contributed by atoms with Crippen LogP contribution in [0.25, 0.3) is 0 Å². The van der Waals surface area contributed by atoms with E-state index in [4.69, 9.17) is 4.74 Å². The molecule has 0 radical (unpaired) electrons. The largest absolute Gasteiger partial charge is 0.494 e. The summed E-state index contributed by atoms with van der Waals surface area (Å²) in [6.45, 7) is 7.43. The van der Waals surface area contributed by atoms with Gasteiger partial charge in [0.25, 0.3) is 0 Å². The van der Waals surface area contributed by atoms with Crippen molar-refractivity contribution in [3.05, 3.63) is 29.3 Å². The molecule has 1 aliphatic rings. The summed E-state index contributed by atoms with van der Waals surface area (Å²) >= 11 is 0. The molecule has 1 heterocycles. The van der Waals surface area contributed by atoms with E-state index in [-0.39, 0.29) is 0 Å². The number of ether oxygens (including phenoxy) is 1. The van der Waals surface area contributed by atoms with Crippen molar-refractivity contribution in [3.63, 3.8) is 0 Å². The van der Waals surface area contributed by atoms with Crippen molar-refractivity contribution in [1.82, 2.24) is 5.32 Å². The zero-order chi connectivity index (χ0) is 12.1. The summed E-state index contributed by atoms with van der Waals surface area (Å²) in [7, 11) is 0. The van der Waals surface area contributed by atoms with E-state index >= 15 is 0 Å². The maximum Gasteiger partial charge on any atom is 0.119 e. The highest BCUT2D eigenvalue weighted by molar-refractivity contribution is 5.32. The Balaban J connectivity index is 1.77. The van der Waals surface area contributed by atoms with Gasteiger partial charge in [0.05, 0.1) is 6.61 Å². The molecule has 2 heteroatoms. The highest BCUT2D eigenvalue weighted by Crippen LogP contribution is 2.18. The van der Waals surface area contributed by atoms with Crippen LogP contribution in [0.2, 0.25) is 0 Å². The van der Waals surface area contributed by atoms with Crippen molar-refractivity contribution in [2.75, 3.05) is 19.7 Å². The van der Waals surface area contributed by atoms with Gasteiger partial charge in [0.15, 0.2) is 0 Å². The lowest BCUT2D eigenvalue weighted by atomic mass is 9.97. The molecule has 0 saturated carbocycles. The van der Waals surface area contributed by atoms with Crippen molar-refractivity contribution in [2.45, 2.75) is 33.1 Å². The van der Waals surface area contributed by atoms with E-state index in [2.05, 4.69) is 37.4 Å². The number of hydrogen-bond donors (Lipinski definition) is 1. The Hall–Kier alpha value is -1.02. The fourth-order valence-corrected chi connectivity index (χ4v) is 2.53. The molecule has 1 aromatic rings. The van der Waals surface area contributed by atoms with Gasteiger partial charge in [0.2, 0.25) is 0 Å². The first-order chi connectivity index (χ1) is 8.24. The maximum absolute atomic E-state index is 5.84. The predicted molar refractivity (Wildman–Crippen MR) is 71.6 cm³/mol. The number of piperidine rings is 1. The van der Waals surface area contributed by atoms with Crippen LogP contribution in [0.4, 0.5) is 0 Å². The zero-order valence-corrected chi connectivity index (χ0v) is 11.0. The molecule has 1 unspecified atom stereocenters. The fraction of sp³-hybridized carbons (Fsp3) is 0.600. The molecule has 94 valence electrons. The summed E-state index contributed by atoms with van der Waals surface area (Å²) in [5, 5.41) is 3.45. The van der Waals surface area contributed by atoms with E-state index in [1.54, 1.807) is 0 Å². The Morgan fingerprint density at radius 2 is 2.00 bits per heavy atom. The van der Waals surface area contributed by atoms with Crippen LogP contribution in [0.5, 0.6) is 5.75 Å². The number of rotatable bonds is 4. The summed E-state index contributed by atoms with van der Waals surface area (Å²) < 4.78 is 5.84. The second-order valence-electron chi connectivity index (χ2n) is 5.17. The van der Waals surface area contributed by atoms with Gasteiger partial charge >= 0.3 is 0 Å². The Morgan fingerprint density at radius 1 is 1.24 bits per heavy atom. The van der Waals surface area contributed by atoms with Gasteiger partial charge in [-0.2, -0.15) is 0 Å². The SMILES string of the molecule is Cc1cc(C)cc(OCCC2CCCNC2)c1. The summed E-state index contributed by atoms with van der Waals surface area (Å²) in [5.74, 6) is 1.82. The molecule has 2 rings (SSSR count). The first-order valence-electron chi connectivity index (χ1n) is 6.66. The topological polar surface area (TPSA) is 21.3 Å². The first-order valence-corrected chi connectivity index (χ1v) is 6.66. The number of benzene rings is 1. The Morgan fingerprint density at radius 3 is 2.65 bits per heavy atom. The van der Waals surface area contributed by atoms with E-state index < -0.39 is 0 Å². The monoisotopic (exact) mass is 233 g/mol. The van der Waals surface area contributed by atoms with Crippen LogP contribution < -0.4 is 10.1 Å². The lowest BCUT2D eigenvalue weighted by Crippen LogP contribution is -2.30. The van der Waals surface area contributed by atoms with Crippen molar-refractivity contribution < 1.29 is 4.74 Å². The van der Waals surface area contributed by atoms with Crippen LogP contribution in [0.15, 0.2) is 18.2 Å². The molecule has 17 heavy (non-hydrogen) atoms. The smallest absolute Gasteiger partial charge is 0.119 e. The van der Waals surface area contributed by atoms with Crippen LogP contribution in [-0.4, -0.2) is 19.7 Å². The van der Waals surface area contributed by atoms with E-state index in [1.165, 1.54) is 36.9 Å². The predicted octanol–water partition coefficient (Wildman–Crippen LogP) is 3.07. The lowest BCUT2D eigenvalue weighted by molar-refractivity contribution is 0.254. The number of nitrogens with one attached hydrogen (secondary N) is 1. The quantitative estimate of drug-likeness (QED) is 0.863. The third-order valence-electron chi connectivity index (χ3n) is 3.39. The van der Waals surface area contributed by atoms with E-state index in [0.29, 0.717) is 0 Å². The molecule has 0 spiro atoms. The van der Waals surface area contributed by atoms with Crippen molar-refractivity contribution in [1.29, 1.82) is 0 Å². The summed E-state index contributed by atoms with van der Waals surface area (Å²) in [5.41, 5.74) is 2.55. The van der Waals surface area contributed by atoms with Crippen LogP contribution in [-0.2, 0) is 0 Å². The Labute approximate surface area is 104 Å². The highest BCUT2D eigenvalue weighted by Gasteiger charge is 2.12. The van der Waals surface area contributed by atoms with Crippen LogP contribution in [0.3, 0.4) is 0 Å². The van der Waals surface area contributed by atoms with E-state index in [0.717, 1.165) is 24.8 Å². The molecule has 1 atom stereocenters. The molecular weight excluding hydrogens is 210 g/mol. The summed E-state index contributed by atoms with van der Waals surface area (Å²) in [6, 6.07) is 6.41. The average molecular weight is 233 g/mol. The molecule has 1 N–H and O–H groups in total. The van der Waals surface area contributed by atoms with Gasteiger partial charge in [-0.15, -0.1) is 0 Å². The average Bonchev–Trinajstić information content (AvgIpc) is 2.29. The van der Waals surface area contributed by atoms with Gasteiger partial charge in [-0.1, -0.05) is 6.07 Å².